The lowest BCUT2D eigenvalue weighted by Crippen LogP contribution is -2.12. The molecule has 0 bridgehead atoms. The zero-order valence-corrected chi connectivity index (χ0v) is 16.2. The van der Waals surface area contributed by atoms with Gasteiger partial charge in [-0.3, -0.25) is 4.79 Å². The van der Waals surface area contributed by atoms with Crippen LogP contribution in [-0.4, -0.2) is 10.9 Å². The second-order valence-electron chi connectivity index (χ2n) is 6.62. The maximum Gasteiger partial charge on any atom is 0.257 e. The van der Waals surface area contributed by atoms with Crippen molar-refractivity contribution in [3.63, 3.8) is 0 Å². The van der Waals surface area contributed by atoms with E-state index in [0.717, 1.165) is 17.1 Å². The summed E-state index contributed by atoms with van der Waals surface area (Å²) < 4.78 is 11.0. The number of anilines is 2. The maximum atomic E-state index is 12.4. The molecule has 2 aromatic carbocycles. The quantitative estimate of drug-likeness (QED) is 0.430. The number of hydrogen-bond donors (Lipinski definition) is 2. The highest BCUT2D eigenvalue weighted by atomic mass is 16.5. The number of pyridine rings is 1. The van der Waals surface area contributed by atoms with Crippen LogP contribution in [0.2, 0.25) is 0 Å². The molecule has 0 aliphatic carbocycles. The average molecular weight is 399 g/mol. The number of aromatic nitrogens is 1. The van der Waals surface area contributed by atoms with E-state index in [4.69, 9.17) is 9.15 Å². The first-order valence-electron chi connectivity index (χ1n) is 9.57. The molecule has 30 heavy (non-hydrogen) atoms. The first kappa shape index (κ1) is 19.3. The molecule has 150 valence electrons. The number of amides is 1. The van der Waals surface area contributed by atoms with Gasteiger partial charge in [-0.05, 0) is 54.1 Å². The molecule has 0 aliphatic heterocycles. The average Bonchev–Trinajstić information content (AvgIpc) is 3.32. The molecule has 4 aromatic rings. The highest BCUT2D eigenvalue weighted by molar-refractivity contribution is 6.04. The number of carbonyl (C=O) groups excluding carboxylic acids is 1. The van der Waals surface area contributed by atoms with E-state index in [1.165, 1.54) is 6.20 Å². The summed E-state index contributed by atoms with van der Waals surface area (Å²) in [5.74, 6) is 2.00. The van der Waals surface area contributed by atoms with Gasteiger partial charge < -0.3 is 19.8 Å². The van der Waals surface area contributed by atoms with Crippen LogP contribution < -0.4 is 15.4 Å². The molecule has 0 radical (unpaired) electrons. The standard InChI is InChI=1S/C24H21N3O3/c28-24(19-8-13-23(25-15-19)26-16-22-7-4-14-29-22)27-20-9-11-21(12-10-20)30-17-18-5-2-1-3-6-18/h1-15H,16-17H2,(H,25,26)(H,27,28). The Bertz CT molecular complexity index is 1060. The SMILES string of the molecule is O=C(Nc1ccc(OCc2ccccc2)cc1)c1ccc(NCc2ccco2)nc1. The van der Waals surface area contributed by atoms with Crippen LogP contribution in [0.3, 0.4) is 0 Å². The van der Waals surface area contributed by atoms with Crippen LogP contribution in [0.5, 0.6) is 5.75 Å². The van der Waals surface area contributed by atoms with Crippen molar-refractivity contribution >= 4 is 17.4 Å². The Balaban J connectivity index is 1.28. The van der Waals surface area contributed by atoms with Gasteiger partial charge in [0.05, 0.1) is 18.4 Å². The number of ether oxygens (including phenoxy) is 1. The van der Waals surface area contributed by atoms with Gasteiger partial charge in [-0.2, -0.15) is 0 Å². The fourth-order valence-electron chi connectivity index (χ4n) is 2.80. The molecular weight excluding hydrogens is 378 g/mol. The molecule has 0 aliphatic rings. The zero-order chi connectivity index (χ0) is 20.6. The second-order valence-corrected chi connectivity index (χ2v) is 6.62. The molecule has 2 aromatic heterocycles. The third-order valence-electron chi connectivity index (χ3n) is 4.41. The Hall–Kier alpha value is -4.06. The first-order chi connectivity index (χ1) is 14.8. The zero-order valence-electron chi connectivity index (χ0n) is 16.2. The van der Waals surface area contributed by atoms with Crippen LogP contribution >= 0.6 is 0 Å². The van der Waals surface area contributed by atoms with Gasteiger partial charge in [0.15, 0.2) is 0 Å². The van der Waals surface area contributed by atoms with Crippen molar-refractivity contribution in [3.05, 3.63) is 108 Å². The van der Waals surface area contributed by atoms with Crippen LogP contribution in [0.15, 0.2) is 95.7 Å². The molecule has 0 fully saturated rings. The topological polar surface area (TPSA) is 76.4 Å². The van der Waals surface area contributed by atoms with Crippen LogP contribution in [0.4, 0.5) is 11.5 Å². The predicted octanol–water partition coefficient (Wildman–Crippen LogP) is 5.12. The summed E-state index contributed by atoms with van der Waals surface area (Å²) in [6.07, 6.45) is 3.16. The molecule has 6 heteroatoms. The Labute approximate surface area is 174 Å². The van der Waals surface area contributed by atoms with Crippen LogP contribution in [-0.2, 0) is 13.2 Å². The highest BCUT2D eigenvalue weighted by Crippen LogP contribution is 2.18. The van der Waals surface area contributed by atoms with E-state index in [-0.39, 0.29) is 5.91 Å². The molecule has 6 nitrogen and oxygen atoms in total. The molecule has 2 heterocycles. The van der Waals surface area contributed by atoms with E-state index in [1.54, 1.807) is 18.4 Å². The fourth-order valence-corrected chi connectivity index (χ4v) is 2.80. The number of hydrogen-bond acceptors (Lipinski definition) is 5. The molecule has 0 atom stereocenters. The second kappa shape index (κ2) is 9.43. The summed E-state index contributed by atoms with van der Waals surface area (Å²) in [4.78, 5) is 16.7. The van der Waals surface area contributed by atoms with Gasteiger partial charge in [-0.25, -0.2) is 4.98 Å². The van der Waals surface area contributed by atoms with Crippen molar-refractivity contribution in [2.24, 2.45) is 0 Å². The Morgan fingerprint density at radius 1 is 0.933 bits per heavy atom. The number of furan rings is 1. The van der Waals surface area contributed by atoms with Gasteiger partial charge in [0.1, 0.15) is 23.9 Å². The number of rotatable bonds is 8. The van der Waals surface area contributed by atoms with Gasteiger partial charge in [0.25, 0.3) is 5.91 Å². The van der Waals surface area contributed by atoms with Gasteiger partial charge in [-0.15, -0.1) is 0 Å². The molecular formula is C24H21N3O3. The number of carbonyl (C=O) groups is 1. The highest BCUT2D eigenvalue weighted by Gasteiger charge is 2.07. The fraction of sp³-hybridized carbons (Fsp3) is 0.0833. The minimum absolute atomic E-state index is 0.224. The third kappa shape index (κ3) is 5.26. The van der Waals surface area contributed by atoms with E-state index < -0.39 is 0 Å². The van der Waals surface area contributed by atoms with E-state index in [9.17, 15) is 4.79 Å². The van der Waals surface area contributed by atoms with E-state index >= 15 is 0 Å². The van der Waals surface area contributed by atoms with E-state index in [0.29, 0.717) is 30.2 Å². The molecule has 1 amide bonds. The predicted molar refractivity (Wildman–Crippen MR) is 115 cm³/mol. The third-order valence-corrected chi connectivity index (χ3v) is 4.41. The Morgan fingerprint density at radius 2 is 1.77 bits per heavy atom. The Morgan fingerprint density at radius 3 is 2.47 bits per heavy atom. The molecule has 4 rings (SSSR count). The molecule has 0 saturated heterocycles. The largest absolute Gasteiger partial charge is 0.489 e. The van der Waals surface area contributed by atoms with E-state index in [1.807, 2.05) is 66.7 Å². The lowest BCUT2D eigenvalue weighted by Gasteiger charge is -2.09. The minimum atomic E-state index is -0.224. The Kier molecular flexibility index (Phi) is 6.05. The van der Waals surface area contributed by atoms with Gasteiger partial charge >= 0.3 is 0 Å². The number of nitrogens with one attached hydrogen (secondary N) is 2. The van der Waals surface area contributed by atoms with Crippen LogP contribution in [0, 0.1) is 0 Å². The summed E-state index contributed by atoms with van der Waals surface area (Å²) in [6, 6.07) is 24.5. The molecule has 0 saturated carbocycles. The van der Waals surface area contributed by atoms with Crippen molar-refractivity contribution in [2.75, 3.05) is 10.6 Å². The smallest absolute Gasteiger partial charge is 0.257 e. The van der Waals surface area contributed by atoms with Crippen molar-refractivity contribution in [3.8, 4) is 5.75 Å². The summed E-state index contributed by atoms with van der Waals surface area (Å²) in [6.45, 7) is 1.03. The minimum Gasteiger partial charge on any atom is -0.489 e. The maximum absolute atomic E-state index is 12.4. The van der Waals surface area contributed by atoms with Crippen LogP contribution in [0.1, 0.15) is 21.7 Å². The van der Waals surface area contributed by atoms with Gasteiger partial charge in [0, 0.05) is 11.9 Å². The number of nitrogens with zero attached hydrogens (tertiary/aromatic N) is 1. The molecule has 0 spiro atoms. The summed E-state index contributed by atoms with van der Waals surface area (Å²) in [7, 11) is 0. The van der Waals surface area contributed by atoms with Crippen LogP contribution in [0.25, 0.3) is 0 Å². The first-order valence-corrected chi connectivity index (χ1v) is 9.57. The van der Waals surface area contributed by atoms with E-state index in [2.05, 4.69) is 15.6 Å². The normalized spacial score (nSPS) is 10.4. The summed E-state index contributed by atoms with van der Waals surface area (Å²) in [5, 5.41) is 6.01. The summed E-state index contributed by atoms with van der Waals surface area (Å²) in [5.41, 5.74) is 2.26. The molecule has 2 N–H and O–H groups in total. The number of benzene rings is 2. The van der Waals surface area contributed by atoms with Gasteiger partial charge in [0.2, 0.25) is 0 Å². The van der Waals surface area contributed by atoms with Crippen molar-refractivity contribution in [1.29, 1.82) is 0 Å². The monoisotopic (exact) mass is 399 g/mol. The lowest BCUT2D eigenvalue weighted by atomic mass is 10.2. The molecule has 0 unspecified atom stereocenters. The van der Waals surface area contributed by atoms with Crippen molar-refractivity contribution in [2.45, 2.75) is 13.2 Å². The lowest BCUT2D eigenvalue weighted by molar-refractivity contribution is 0.102. The summed E-state index contributed by atoms with van der Waals surface area (Å²) >= 11 is 0. The van der Waals surface area contributed by atoms with Gasteiger partial charge in [-0.1, -0.05) is 30.3 Å². The van der Waals surface area contributed by atoms with Crippen molar-refractivity contribution < 1.29 is 13.9 Å². The van der Waals surface area contributed by atoms with Crippen molar-refractivity contribution in [1.82, 2.24) is 4.98 Å².